The van der Waals surface area contributed by atoms with Gasteiger partial charge in [-0.1, -0.05) is 73.6 Å². The van der Waals surface area contributed by atoms with Crippen molar-refractivity contribution < 1.29 is 9.59 Å². The number of hydrogen-bond acceptors (Lipinski definition) is 5. The molecule has 7 nitrogen and oxygen atoms in total. The fourth-order valence-corrected chi connectivity index (χ4v) is 4.53. The third-order valence-electron chi connectivity index (χ3n) is 5.58. The van der Waals surface area contributed by atoms with Crippen LogP contribution in [-0.4, -0.2) is 32.3 Å². The lowest BCUT2D eigenvalue weighted by Gasteiger charge is -2.22. The van der Waals surface area contributed by atoms with E-state index in [1.54, 1.807) is 6.07 Å². The van der Waals surface area contributed by atoms with Gasteiger partial charge >= 0.3 is 0 Å². The van der Waals surface area contributed by atoms with Gasteiger partial charge in [0.15, 0.2) is 11.0 Å². The Labute approximate surface area is 205 Å². The lowest BCUT2D eigenvalue weighted by Crippen LogP contribution is -2.34. The van der Waals surface area contributed by atoms with E-state index in [2.05, 4.69) is 20.8 Å². The van der Waals surface area contributed by atoms with E-state index in [9.17, 15) is 9.59 Å². The number of nitrogens with zero attached hydrogens (tertiary/aromatic N) is 3. The van der Waals surface area contributed by atoms with Crippen LogP contribution in [0.1, 0.15) is 67.1 Å². The average molecular weight is 480 g/mol. The molecule has 180 valence electrons. The van der Waals surface area contributed by atoms with Crippen LogP contribution in [-0.2, 0) is 11.3 Å². The minimum atomic E-state index is -0.304. The SMILES string of the molecule is CCn1c(SCC(=O)N[C@H](C)c2ccccc2)nnc1[C@H](NC(=O)c1cccc(C)c1)C(C)C. The highest BCUT2D eigenvalue weighted by Gasteiger charge is 2.26. The normalized spacial score (nSPS) is 12.9. The van der Waals surface area contributed by atoms with Gasteiger partial charge in [0.1, 0.15) is 0 Å². The van der Waals surface area contributed by atoms with E-state index in [1.165, 1.54) is 11.8 Å². The number of hydrogen-bond donors (Lipinski definition) is 2. The molecule has 34 heavy (non-hydrogen) atoms. The second-order valence-electron chi connectivity index (χ2n) is 8.64. The van der Waals surface area contributed by atoms with Gasteiger partial charge in [0.25, 0.3) is 5.91 Å². The van der Waals surface area contributed by atoms with E-state index < -0.39 is 0 Å². The number of thioether (sulfide) groups is 1. The number of amides is 2. The Bertz CT molecular complexity index is 1110. The van der Waals surface area contributed by atoms with Gasteiger partial charge in [-0.15, -0.1) is 10.2 Å². The number of carbonyl (C=O) groups is 2. The van der Waals surface area contributed by atoms with Crippen LogP contribution in [0.2, 0.25) is 0 Å². The first-order valence-electron chi connectivity index (χ1n) is 11.6. The van der Waals surface area contributed by atoms with Crippen LogP contribution in [0.3, 0.4) is 0 Å². The van der Waals surface area contributed by atoms with Crippen molar-refractivity contribution in [1.82, 2.24) is 25.4 Å². The van der Waals surface area contributed by atoms with Crippen molar-refractivity contribution in [1.29, 1.82) is 0 Å². The third-order valence-corrected chi connectivity index (χ3v) is 6.55. The molecule has 0 saturated carbocycles. The first-order chi connectivity index (χ1) is 16.3. The molecule has 1 heterocycles. The maximum absolute atomic E-state index is 12.9. The lowest BCUT2D eigenvalue weighted by molar-refractivity contribution is -0.119. The molecule has 0 radical (unpaired) electrons. The zero-order valence-electron chi connectivity index (χ0n) is 20.4. The fourth-order valence-electron chi connectivity index (χ4n) is 3.71. The van der Waals surface area contributed by atoms with Gasteiger partial charge in [-0.25, -0.2) is 0 Å². The van der Waals surface area contributed by atoms with Crippen LogP contribution >= 0.6 is 11.8 Å². The van der Waals surface area contributed by atoms with Gasteiger partial charge in [-0.3, -0.25) is 9.59 Å². The zero-order chi connectivity index (χ0) is 24.7. The van der Waals surface area contributed by atoms with Gasteiger partial charge < -0.3 is 15.2 Å². The van der Waals surface area contributed by atoms with Crippen molar-refractivity contribution in [3.8, 4) is 0 Å². The molecule has 0 bridgehead atoms. The van der Waals surface area contributed by atoms with E-state index >= 15 is 0 Å². The van der Waals surface area contributed by atoms with Crippen molar-refractivity contribution in [2.24, 2.45) is 5.92 Å². The summed E-state index contributed by atoms with van der Waals surface area (Å²) in [5.41, 5.74) is 2.71. The first-order valence-corrected chi connectivity index (χ1v) is 12.6. The number of aryl methyl sites for hydroxylation is 1. The van der Waals surface area contributed by atoms with E-state index in [1.807, 2.05) is 87.7 Å². The van der Waals surface area contributed by atoms with Crippen LogP contribution in [0.15, 0.2) is 59.8 Å². The molecule has 1 aromatic heterocycles. The summed E-state index contributed by atoms with van der Waals surface area (Å²) in [7, 11) is 0. The Morgan fingerprint density at radius 2 is 1.74 bits per heavy atom. The van der Waals surface area contributed by atoms with Crippen LogP contribution in [0.25, 0.3) is 0 Å². The Hall–Kier alpha value is -3.13. The van der Waals surface area contributed by atoms with Gasteiger partial charge in [0.05, 0.1) is 17.8 Å². The first kappa shape index (κ1) is 25.5. The summed E-state index contributed by atoms with van der Waals surface area (Å²) in [6, 6.07) is 17.0. The molecule has 3 aromatic rings. The molecule has 2 aromatic carbocycles. The molecule has 0 aliphatic carbocycles. The molecule has 0 aliphatic heterocycles. The number of aromatic nitrogens is 3. The van der Waals surface area contributed by atoms with Gasteiger partial charge in [0.2, 0.25) is 5.91 Å². The van der Waals surface area contributed by atoms with Gasteiger partial charge in [-0.05, 0) is 44.4 Å². The van der Waals surface area contributed by atoms with Crippen LogP contribution in [0.4, 0.5) is 0 Å². The monoisotopic (exact) mass is 479 g/mol. The summed E-state index contributed by atoms with van der Waals surface area (Å²) in [6.07, 6.45) is 0. The third kappa shape index (κ3) is 6.47. The van der Waals surface area contributed by atoms with Gasteiger partial charge in [-0.2, -0.15) is 0 Å². The molecule has 2 amide bonds. The Morgan fingerprint density at radius 3 is 2.38 bits per heavy atom. The smallest absolute Gasteiger partial charge is 0.251 e. The predicted molar refractivity (Wildman–Crippen MR) is 136 cm³/mol. The number of rotatable bonds is 10. The quantitative estimate of drug-likeness (QED) is 0.411. The van der Waals surface area contributed by atoms with Crippen molar-refractivity contribution in [3.05, 3.63) is 77.1 Å². The van der Waals surface area contributed by atoms with E-state index in [4.69, 9.17) is 0 Å². The highest BCUT2D eigenvalue weighted by atomic mass is 32.2. The van der Waals surface area contributed by atoms with Crippen LogP contribution < -0.4 is 10.6 Å². The topological polar surface area (TPSA) is 88.9 Å². The predicted octanol–water partition coefficient (Wildman–Crippen LogP) is 4.70. The van der Waals surface area contributed by atoms with E-state index in [-0.39, 0.29) is 35.6 Å². The second-order valence-corrected chi connectivity index (χ2v) is 9.58. The average Bonchev–Trinajstić information content (AvgIpc) is 3.23. The molecule has 2 N–H and O–H groups in total. The van der Waals surface area contributed by atoms with Gasteiger partial charge in [0, 0.05) is 12.1 Å². The largest absolute Gasteiger partial charge is 0.349 e. The van der Waals surface area contributed by atoms with Crippen molar-refractivity contribution in [3.63, 3.8) is 0 Å². The molecular weight excluding hydrogens is 446 g/mol. The summed E-state index contributed by atoms with van der Waals surface area (Å²) in [5.74, 6) is 0.825. The minimum Gasteiger partial charge on any atom is -0.349 e. The maximum Gasteiger partial charge on any atom is 0.251 e. The fraction of sp³-hybridized carbons (Fsp3) is 0.385. The zero-order valence-corrected chi connectivity index (χ0v) is 21.2. The molecule has 0 fully saturated rings. The summed E-state index contributed by atoms with van der Waals surface area (Å²) < 4.78 is 1.97. The highest BCUT2D eigenvalue weighted by Crippen LogP contribution is 2.26. The summed E-state index contributed by atoms with van der Waals surface area (Å²) in [5, 5.41) is 15.6. The molecule has 0 unspecified atom stereocenters. The minimum absolute atomic E-state index is 0.0679. The maximum atomic E-state index is 12.9. The molecule has 0 saturated heterocycles. The van der Waals surface area contributed by atoms with Crippen LogP contribution in [0, 0.1) is 12.8 Å². The molecule has 0 aliphatic rings. The number of carbonyl (C=O) groups excluding carboxylic acids is 2. The van der Waals surface area contributed by atoms with Crippen molar-refractivity contribution >= 4 is 23.6 Å². The Balaban J connectivity index is 1.68. The summed E-state index contributed by atoms with van der Waals surface area (Å²) >= 11 is 1.35. The highest BCUT2D eigenvalue weighted by molar-refractivity contribution is 7.99. The second kappa shape index (κ2) is 11.8. The number of benzene rings is 2. The standard InChI is InChI=1S/C26H33N5O2S/c1-6-31-24(23(17(2)3)28-25(33)21-14-10-11-18(4)15-21)29-30-26(31)34-16-22(32)27-19(5)20-12-8-7-9-13-20/h7-15,17,19,23H,6,16H2,1-5H3,(H,27,32)(H,28,33)/t19-,23-/m1/s1. The number of nitrogens with one attached hydrogen (secondary N) is 2. The van der Waals surface area contributed by atoms with E-state index in [0.29, 0.717) is 23.1 Å². The molecule has 0 spiro atoms. The summed E-state index contributed by atoms with van der Waals surface area (Å²) in [4.78, 5) is 25.4. The molecular formula is C26H33N5O2S. The molecule has 8 heteroatoms. The van der Waals surface area contributed by atoms with Crippen molar-refractivity contribution in [2.45, 2.75) is 58.4 Å². The Morgan fingerprint density at radius 1 is 1.00 bits per heavy atom. The summed E-state index contributed by atoms with van der Waals surface area (Å²) in [6.45, 7) is 10.7. The molecule has 3 rings (SSSR count). The lowest BCUT2D eigenvalue weighted by atomic mass is 10.0. The molecule has 2 atom stereocenters. The Kier molecular flexibility index (Phi) is 8.87. The van der Waals surface area contributed by atoms with Crippen molar-refractivity contribution in [2.75, 3.05) is 5.75 Å². The van der Waals surface area contributed by atoms with E-state index in [0.717, 1.165) is 11.1 Å². The van der Waals surface area contributed by atoms with Crippen LogP contribution in [0.5, 0.6) is 0 Å².